The Balaban J connectivity index is 0. The Bertz CT molecular complexity index is 254. The molecule has 0 aromatic heterocycles. The minimum atomic E-state index is 0. The molecule has 3 heteroatoms. The maximum atomic E-state index is 3.64. The molecule has 0 unspecified atom stereocenters. The van der Waals surface area contributed by atoms with Crippen LogP contribution in [0.3, 0.4) is 0 Å². The lowest BCUT2D eigenvalue weighted by Gasteiger charge is -2.30. The number of hydrogen-bond donors (Lipinski definition) is 1. The Hall–Kier alpha value is 0.210. The standard InChI is InChI=1S/C22H49N2.ClH/c1-6-7-8-9-10-11-12-13-14-15-16-17-18-19-20-24(4,5)23-21-22(2)3;/h22-23H,6-21H2,1-5H3;1H/q+1;/p-1. The predicted octanol–water partition coefficient (Wildman–Crippen LogP) is 3.71. The van der Waals surface area contributed by atoms with E-state index in [2.05, 4.69) is 40.3 Å². The van der Waals surface area contributed by atoms with Crippen LogP contribution in [-0.4, -0.2) is 31.8 Å². The average Bonchev–Trinajstić information content (AvgIpc) is 2.53. The molecule has 0 aliphatic carbocycles. The third-order valence-electron chi connectivity index (χ3n) is 5.00. The van der Waals surface area contributed by atoms with Gasteiger partial charge in [-0.1, -0.05) is 97.8 Å². The largest absolute Gasteiger partial charge is 1.00 e. The van der Waals surface area contributed by atoms with Crippen LogP contribution < -0.4 is 17.8 Å². The van der Waals surface area contributed by atoms with Crippen LogP contribution in [0, 0.1) is 5.92 Å². The molecule has 0 aliphatic heterocycles. The van der Waals surface area contributed by atoms with E-state index in [9.17, 15) is 0 Å². The van der Waals surface area contributed by atoms with Gasteiger partial charge in [0.05, 0.1) is 20.6 Å². The molecule has 0 spiro atoms. The first-order valence-corrected chi connectivity index (χ1v) is 11.1. The quantitative estimate of drug-likeness (QED) is 0.218. The third-order valence-corrected chi connectivity index (χ3v) is 5.00. The fourth-order valence-corrected chi connectivity index (χ4v) is 3.21. The number of nitrogens with zero attached hydrogens (tertiary/aromatic N) is 1. The minimum absolute atomic E-state index is 0. The molecular weight excluding hydrogens is 328 g/mol. The Morgan fingerprint density at radius 3 is 1.36 bits per heavy atom. The van der Waals surface area contributed by atoms with E-state index in [1.807, 2.05) is 0 Å². The molecule has 0 saturated heterocycles. The maximum absolute atomic E-state index is 3.64. The summed E-state index contributed by atoms with van der Waals surface area (Å²) in [7, 11) is 4.59. The van der Waals surface area contributed by atoms with E-state index in [-0.39, 0.29) is 12.4 Å². The summed E-state index contributed by atoms with van der Waals surface area (Å²) >= 11 is 0. The van der Waals surface area contributed by atoms with Gasteiger partial charge < -0.3 is 12.4 Å². The van der Waals surface area contributed by atoms with Crippen molar-refractivity contribution in [3.8, 4) is 0 Å². The SMILES string of the molecule is CCCCCCCCCCCCCCCC[N+](C)(C)NCC(C)C.[Cl-]. The van der Waals surface area contributed by atoms with Crippen molar-refractivity contribution < 1.29 is 17.0 Å². The number of unbranched alkanes of at least 4 members (excludes halogenated alkanes) is 13. The normalized spacial score (nSPS) is 11.8. The molecule has 0 heterocycles. The molecule has 0 aromatic rings. The van der Waals surface area contributed by atoms with Gasteiger partial charge in [0.2, 0.25) is 0 Å². The van der Waals surface area contributed by atoms with Gasteiger partial charge in [-0.2, -0.15) is 5.43 Å². The van der Waals surface area contributed by atoms with Gasteiger partial charge in [-0.15, -0.1) is 0 Å². The van der Waals surface area contributed by atoms with Crippen molar-refractivity contribution in [2.45, 2.75) is 111 Å². The summed E-state index contributed by atoms with van der Waals surface area (Å²) in [6.45, 7) is 9.22. The zero-order valence-corrected chi connectivity index (χ0v) is 19.0. The van der Waals surface area contributed by atoms with Crippen LogP contribution >= 0.6 is 0 Å². The summed E-state index contributed by atoms with van der Waals surface area (Å²) < 4.78 is 0.969. The second-order valence-electron chi connectivity index (χ2n) is 8.76. The summed E-state index contributed by atoms with van der Waals surface area (Å²) in [6, 6.07) is 0. The van der Waals surface area contributed by atoms with Crippen LogP contribution in [0.1, 0.15) is 111 Å². The van der Waals surface area contributed by atoms with Crippen molar-refractivity contribution in [2.24, 2.45) is 5.92 Å². The first kappa shape index (κ1) is 27.4. The van der Waals surface area contributed by atoms with Crippen molar-refractivity contribution in [3.63, 3.8) is 0 Å². The van der Waals surface area contributed by atoms with Crippen LogP contribution in [0.25, 0.3) is 0 Å². The fraction of sp³-hybridized carbons (Fsp3) is 1.00. The Labute approximate surface area is 166 Å². The highest BCUT2D eigenvalue weighted by atomic mass is 35.5. The number of hydrogen-bond acceptors (Lipinski definition) is 1. The first-order valence-electron chi connectivity index (χ1n) is 11.1. The summed E-state index contributed by atoms with van der Waals surface area (Å²) in [6.07, 6.45) is 20.2. The van der Waals surface area contributed by atoms with Crippen molar-refractivity contribution in [3.05, 3.63) is 0 Å². The maximum Gasteiger partial charge on any atom is 0.0957 e. The number of nitrogens with one attached hydrogen (secondary N) is 1. The topological polar surface area (TPSA) is 12.0 Å². The number of rotatable bonds is 18. The van der Waals surface area contributed by atoms with E-state index in [0.29, 0.717) is 0 Å². The molecule has 25 heavy (non-hydrogen) atoms. The van der Waals surface area contributed by atoms with Gasteiger partial charge in [-0.3, -0.25) is 4.59 Å². The highest BCUT2D eigenvalue weighted by Crippen LogP contribution is 2.13. The van der Waals surface area contributed by atoms with Crippen LogP contribution in [-0.2, 0) is 0 Å². The summed E-state index contributed by atoms with van der Waals surface area (Å²) in [4.78, 5) is 0. The van der Waals surface area contributed by atoms with Gasteiger partial charge >= 0.3 is 0 Å². The zero-order chi connectivity index (χ0) is 18.1. The van der Waals surface area contributed by atoms with E-state index in [4.69, 9.17) is 0 Å². The monoisotopic (exact) mass is 376 g/mol. The molecule has 2 nitrogen and oxygen atoms in total. The smallest absolute Gasteiger partial charge is 0.0957 e. The molecule has 0 aromatic carbocycles. The minimum Gasteiger partial charge on any atom is -1.00 e. The van der Waals surface area contributed by atoms with Crippen LogP contribution in [0.4, 0.5) is 0 Å². The van der Waals surface area contributed by atoms with E-state index >= 15 is 0 Å². The van der Waals surface area contributed by atoms with Crippen molar-refractivity contribution in [1.29, 1.82) is 0 Å². The van der Waals surface area contributed by atoms with Gasteiger partial charge in [-0.25, -0.2) is 0 Å². The Morgan fingerprint density at radius 2 is 1.00 bits per heavy atom. The molecule has 0 rings (SSSR count). The molecular formula is C22H49ClN2. The highest BCUT2D eigenvalue weighted by Gasteiger charge is 2.14. The lowest BCUT2D eigenvalue weighted by Crippen LogP contribution is -3.00. The van der Waals surface area contributed by atoms with Crippen molar-refractivity contribution >= 4 is 0 Å². The van der Waals surface area contributed by atoms with E-state index in [1.54, 1.807) is 0 Å². The van der Waals surface area contributed by atoms with Crippen LogP contribution in [0.2, 0.25) is 0 Å². The van der Waals surface area contributed by atoms with Crippen molar-refractivity contribution in [1.82, 2.24) is 5.43 Å². The van der Waals surface area contributed by atoms with E-state index in [0.717, 1.165) is 17.1 Å². The first-order chi connectivity index (χ1) is 11.5. The van der Waals surface area contributed by atoms with Crippen LogP contribution in [0.15, 0.2) is 0 Å². The number of halogens is 1. The van der Waals surface area contributed by atoms with Crippen molar-refractivity contribution in [2.75, 3.05) is 27.2 Å². The summed E-state index contributed by atoms with van der Waals surface area (Å²) in [5, 5.41) is 0. The van der Waals surface area contributed by atoms with E-state index < -0.39 is 0 Å². The molecule has 0 atom stereocenters. The Morgan fingerprint density at radius 1 is 0.640 bits per heavy atom. The molecule has 0 fully saturated rings. The van der Waals surface area contributed by atoms with Gasteiger partial charge in [0.1, 0.15) is 0 Å². The second-order valence-corrected chi connectivity index (χ2v) is 8.76. The molecule has 154 valence electrons. The molecule has 0 aliphatic rings. The molecule has 1 N–H and O–H groups in total. The lowest BCUT2D eigenvalue weighted by atomic mass is 10.0. The van der Waals surface area contributed by atoms with Gasteiger partial charge in [0, 0.05) is 6.54 Å². The molecule has 0 bridgehead atoms. The summed E-state index contributed by atoms with van der Waals surface area (Å²) in [5.74, 6) is 0.735. The molecule has 0 amide bonds. The molecule has 0 radical (unpaired) electrons. The average molecular weight is 377 g/mol. The van der Waals surface area contributed by atoms with Gasteiger partial charge in [-0.05, 0) is 18.8 Å². The third kappa shape index (κ3) is 22.2. The summed E-state index contributed by atoms with van der Waals surface area (Å²) in [5.41, 5.74) is 3.64. The molecule has 0 saturated carbocycles. The second kappa shape index (κ2) is 19.0. The highest BCUT2D eigenvalue weighted by molar-refractivity contribution is 4.49. The lowest BCUT2D eigenvalue weighted by molar-refractivity contribution is -0.934. The zero-order valence-electron chi connectivity index (χ0n) is 18.2. The van der Waals surface area contributed by atoms with Gasteiger partial charge in [0.15, 0.2) is 0 Å². The fourth-order valence-electron chi connectivity index (χ4n) is 3.21. The van der Waals surface area contributed by atoms with E-state index in [1.165, 1.54) is 96.4 Å². The number of quaternary nitrogens is 1. The van der Waals surface area contributed by atoms with Gasteiger partial charge in [0.25, 0.3) is 0 Å². The Kier molecular flexibility index (Phi) is 20.8. The van der Waals surface area contributed by atoms with Crippen LogP contribution in [0.5, 0.6) is 0 Å². The predicted molar refractivity (Wildman–Crippen MR) is 110 cm³/mol.